The Morgan fingerprint density at radius 1 is 1.25 bits per heavy atom. The molecular weight excluding hydrogens is 268 g/mol. The average molecular weight is 285 g/mol. The molecule has 0 spiro atoms. The van der Waals surface area contributed by atoms with E-state index in [9.17, 15) is 0 Å². The second-order valence-corrected chi connectivity index (χ2v) is 4.36. The summed E-state index contributed by atoms with van der Waals surface area (Å²) in [4.78, 5) is 0. The third-order valence-corrected chi connectivity index (χ3v) is 2.76. The van der Waals surface area contributed by atoms with E-state index in [-0.39, 0.29) is 6.29 Å². The smallest absolute Gasteiger partial charge is 0.160 e. The monoisotopic (exact) mass is 284 g/mol. The quantitative estimate of drug-likeness (QED) is 0.588. The second kappa shape index (κ2) is 7.60. The Labute approximate surface area is 105 Å². The highest BCUT2D eigenvalue weighted by Gasteiger charge is 2.00. The summed E-state index contributed by atoms with van der Waals surface area (Å²) in [7, 11) is 3.30. The summed E-state index contributed by atoms with van der Waals surface area (Å²) in [5.74, 6) is 0. The number of ether oxygens (including phenoxy) is 2. The van der Waals surface area contributed by atoms with Crippen molar-refractivity contribution in [3.05, 3.63) is 46.5 Å². The van der Waals surface area contributed by atoms with E-state index in [1.165, 1.54) is 5.56 Å². The third kappa shape index (κ3) is 4.92. The first-order valence-electron chi connectivity index (χ1n) is 5.21. The van der Waals surface area contributed by atoms with Gasteiger partial charge >= 0.3 is 0 Å². The average Bonchev–Trinajstić information content (AvgIpc) is 2.29. The van der Waals surface area contributed by atoms with Gasteiger partial charge in [0, 0.05) is 25.1 Å². The predicted octanol–water partition coefficient (Wildman–Crippen LogP) is 3.56. The fraction of sp³-hybridized carbons (Fsp3) is 0.385. The van der Waals surface area contributed by atoms with Crippen molar-refractivity contribution in [1.29, 1.82) is 0 Å². The van der Waals surface area contributed by atoms with E-state index in [0.29, 0.717) is 0 Å². The molecule has 3 heteroatoms. The first kappa shape index (κ1) is 13.4. The minimum atomic E-state index is -0.140. The lowest BCUT2D eigenvalue weighted by atomic mass is 10.1. The van der Waals surface area contributed by atoms with Gasteiger partial charge in [-0.1, -0.05) is 40.2 Å². The molecule has 0 aromatic heterocycles. The molecule has 0 aliphatic carbocycles. The summed E-state index contributed by atoms with van der Waals surface area (Å²) in [6.07, 6.45) is 5.78. The first-order valence-corrected chi connectivity index (χ1v) is 6.00. The maximum Gasteiger partial charge on any atom is 0.160 e. The topological polar surface area (TPSA) is 18.5 Å². The molecule has 0 fully saturated rings. The molecule has 16 heavy (non-hydrogen) atoms. The van der Waals surface area contributed by atoms with Gasteiger partial charge < -0.3 is 9.47 Å². The van der Waals surface area contributed by atoms with Crippen molar-refractivity contribution in [1.82, 2.24) is 0 Å². The van der Waals surface area contributed by atoms with Crippen LogP contribution in [-0.4, -0.2) is 20.5 Å². The van der Waals surface area contributed by atoms with Crippen LogP contribution in [-0.2, 0) is 15.9 Å². The summed E-state index contributed by atoms with van der Waals surface area (Å²) in [5.41, 5.74) is 1.29. The molecule has 0 N–H and O–H groups in total. The Bertz CT molecular complexity index is 332. The van der Waals surface area contributed by atoms with Gasteiger partial charge in [-0.3, -0.25) is 0 Å². The summed E-state index contributed by atoms with van der Waals surface area (Å²) < 4.78 is 11.3. The Morgan fingerprint density at radius 2 is 2.00 bits per heavy atom. The summed E-state index contributed by atoms with van der Waals surface area (Å²) >= 11 is 3.45. The summed E-state index contributed by atoms with van der Waals surface area (Å²) in [6, 6.07) is 8.30. The second-order valence-electron chi connectivity index (χ2n) is 3.44. The van der Waals surface area contributed by atoms with Crippen molar-refractivity contribution >= 4 is 15.9 Å². The highest BCUT2D eigenvalue weighted by molar-refractivity contribution is 9.10. The number of hydrogen-bond donors (Lipinski definition) is 0. The first-order chi connectivity index (χ1) is 7.76. The van der Waals surface area contributed by atoms with Gasteiger partial charge in [0.05, 0.1) is 0 Å². The normalized spacial score (nSPS) is 11.5. The zero-order valence-electron chi connectivity index (χ0n) is 9.65. The van der Waals surface area contributed by atoms with E-state index in [1.807, 2.05) is 12.1 Å². The standard InChI is InChI=1S/C13H17BrO2/c1-15-13(16-2)9-4-3-6-11-7-5-8-12(14)10-11/h3-5,7-8,10,13H,6,9H2,1-2H3/b4-3+. The van der Waals surface area contributed by atoms with E-state index >= 15 is 0 Å². The van der Waals surface area contributed by atoms with Crippen LogP contribution in [0.4, 0.5) is 0 Å². The van der Waals surface area contributed by atoms with Gasteiger partial charge in [-0.25, -0.2) is 0 Å². The van der Waals surface area contributed by atoms with Crippen LogP contribution in [0, 0.1) is 0 Å². The zero-order valence-corrected chi connectivity index (χ0v) is 11.2. The van der Waals surface area contributed by atoms with Crippen LogP contribution < -0.4 is 0 Å². The van der Waals surface area contributed by atoms with Crippen molar-refractivity contribution in [3.8, 4) is 0 Å². The van der Waals surface area contributed by atoms with Crippen molar-refractivity contribution in [2.75, 3.05) is 14.2 Å². The Balaban J connectivity index is 2.36. The van der Waals surface area contributed by atoms with Crippen LogP contribution in [0.15, 0.2) is 40.9 Å². The van der Waals surface area contributed by atoms with Crippen molar-refractivity contribution in [2.45, 2.75) is 19.1 Å². The Hall–Kier alpha value is -0.640. The molecule has 0 aliphatic heterocycles. The zero-order chi connectivity index (χ0) is 11.8. The molecule has 88 valence electrons. The van der Waals surface area contributed by atoms with Gasteiger partial charge in [0.25, 0.3) is 0 Å². The van der Waals surface area contributed by atoms with Crippen LogP contribution in [0.2, 0.25) is 0 Å². The molecule has 0 heterocycles. The van der Waals surface area contributed by atoms with Gasteiger partial charge in [-0.2, -0.15) is 0 Å². The van der Waals surface area contributed by atoms with Crippen LogP contribution in [0.5, 0.6) is 0 Å². The molecule has 0 unspecified atom stereocenters. The lowest BCUT2D eigenvalue weighted by Gasteiger charge is -2.09. The highest BCUT2D eigenvalue weighted by Crippen LogP contribution is 2.12. The molecule has 1 aromatic rings. The molecule has 0 aliphatic rings. The Kier molecular flexibility index (Phi) is 6.38. The minimum absolute atomic E-state index is 0.140. The van der Waals surface area contributed by atoms with E-state index in [2.05, 4.69) is 40.2 Å². The number of methoxy groups -OCH3 is 2. The van der Waals surface area contributed by atoms with E-state index in [0.717, 1.165) is 17.3 Å². The van der Waals surface area contributed by atoms with Crippen molar-refractivity contribution < 1.29 is 9.47 Å². The molecule has 0 saturated heterocycles. The highest BCUT2D eigenvalue weighted by atomic mass is 79.9. The largest absolute Gasteiger partial charge is 0.356 e. The summed E-state index contributed by atoms with van der Waals surface area (Å²) in [6.45, 7) is 0. The predicted molar refractivity (Wildman–Crippen MR) is 69.4 cm³/mol. The van der Waals surface area contributed by atoms with E-state index < -0.39 is 0 Å². The molecule has 0 saturated carbocycles. The number of halogens is 1. The molecule has 0 atom stereocenters. The molecule has 0 bridgehead atoms. The van der Waals surface area contributed by atoms with Crippen molar-refractivity contribution in [3.63, 3.8) is 0 Å². The number of benzene rings is 1. The molecule has 1 aromatic carbocycles. The van der Waals surface area contributed by atoms with Gasteiger partial charge in [-0.15, -0.1) is 0 Å². The number of allylic oxidation sites excluding steroid dienone is 1. The summed E-state index contributed by atoms with van der Waals surface area (Å²) in [5, 5.41) is 0. The Morgan fingerprint density at radius 3 is 2.62 bits per heavy atom. The van der Waals surface area contributed by atoms with E-state index in [4.69, 9.17) is 9.47 Å². The van der Waals surface area contributed by atoms with Crippen LogP contribution in [0.1, 0.15) is 12.0 Å². The fourth-order valence-corrected chi connectivity index (χ4v) is 1.83. The van der Waals surface area contributed by atoms with Crippen LogP contribution in [0.3, 0.4) is 0 Å². The van der Waals surface area contributed by atoms with Crippen LogP contribution >= 0.6 is 15.9 Å². The SMILES string of the molecule is COC(C/C=C/Cc1cccc(Br)c1)OC. The number of hydrogen-bond acceptors (Lipinski definition) is 2. The van der Waals surface area contributed by atoms with Gasteiger partial charge in [0.15, 0.2) is 6.29 Å². The fourth-order valence-electron chi connectivity index (χ4n) is 1.38. The lowest BCUT2D eigenvalue weighted by molar-refractivity contribution is -0.0986. The third-order valence-electron chi connectivity index (χ3n) is 2.26. The number of rotatable bonds is 6. The maximum absolute atomic E-state index is 5.09. The van der Waals surface area contributed by atoms with Gasteiger partial charge in [0.1, 0.15) is 0 Å². The van der Waals surface area contributed by atoms with Crippen LogP contribution in [0.25, 0.3) is 0 Å². The maximum atomic E-state index is 5.09. The molecule has 0 radical (unpaired) electrons. The van der Waals surface area contributed by atoms with Gasteiger partial charge in [0.2, 0.25) is 0 Å². The van der Waals surface area contributed by atoms with E-state index in [1.54, 1.807) is 14.2 Å². The minimum Gasteiger partial charge on any atom is -0.356 e. The lowest BCUT2D eigenvalue weighted by Crippen LogP contribution is -2.10. The molecular formula is C13H17BrO2. The molecule has 1 rings (SSSR count). The molecule has 0 amide bonds. The van der Waals surface area contributed by atoms with Gasteiger partial charge in [-0.05, 0) is 24.1 Å². The van der Waals surface area contributed by atoms with Crippen molar-refractivity contribution in [2.24, 2.45) is 0 Å². The molecule has 2 nitrogen and oxygen atoms in total.